The van der Waals surface area contributed by atoms with Crippen molar-refractivity contribution in [2.24, 2.45) is 0 Å². The lowest BCUT2D eigenvalue weighted by Gasteiger charge is -2.09. The Balaban J connectivity index is 2.10. The fourth-order valence-electron chi connectivity index (χ4n) is 2.24. The zero-order valence-corrected chi connectivity index (χ0v) is 12.3. The Labute approximate surface area is 126 Å². The molecule has 0 saturated carbocycles. The number of hydrogen-bond acceptors (Lipinski definition) is 2. The van der Waals surface area contributed by atoms with E-state index in [0.717, 1.165) is 15.2 Å². The monoisotopic (exact) mass is 326 g/mol. The fraction of sp³-hybridized carbons (Fsp3) is 0. The molecule has 3 aromatic rings. The first kappa shape index (κ1) is 13.2. The van der Waals surface area contributed by atoms with E-state index >= 15 is 0 Å². The van der Waals surface area contributed by atoms with Gasteiger partial charge in [-0.05, 0) is 56.0 Å². The standard InChI is InChI=1S/C16H12BBrO2/c18-15-9-14-8-12(11-4-2-1-3-5-11)6-7-13(14)10-16(15)20-17-19/h1-10,17,19H. The van der Waals surface area contributed by atoms with Crippen LogP contribution in [-0.2, 0) is 0 Å². The van der Waals surface area contributed by atoms with Crippen LogP contribution in [0.4, 0.5) is 0 Å². The van der Waals surface area contributed by atoms with Crippen molar-refractivity contribution in [3.63, 3.8) is 0 Å². The van der Waals surface area contributed by atoms with Gasteiger partial charge in [-0.15, -0.1) is 0 Å². The van der Waals surface area contributed by atoms with E-state index in [1.54, 1.807) is 0 Å². The van der Waals surface area contributed by atoms with E-state index in [1.165, 1.54) is 11.1 Å². The van der Waals surface area contributed by atoms with E-state index in [-0.39, 0.29) is 7.69 Å². The van der Waals surface area contributed by atoms with Gasteiger partial charge in [0.1, 0.15) is 5.75 Å². The summed E-state index contributed by atoms with van der Waals surface area (Å²) in [5.74, 6) is 0.646. The highest BCUT2D eigenvalue weighted by atomic mass is 79.9. The topological polar surface area (TPSA) is 29.5 Å². The van der Waals surface area contributed by atoms with Gasteiger partial charge in [0.15, 0.2) is 0 Å². The van der Waals surface area contributed by atoms with Crippen molar-refractivity contribution in [1.29, 1.82) is 0 Å². The molecule has 0 unspecified atom stereocenters. The van der Waals surface area contributed by atoms with E-state index in [9.17, 15) is 0 Å². The molecule has 0 bridgehead atoms. The molecule has 0 heterocycles. The Morgan fingerprint density at radius 2 is 1.65 bits per heavy atom. The molecule has 4 heteroatoms. The molecule has 2 nitrogen and oxygen atoms in total. The maximum Gasteiger partial charge on any atom is 0.504 e. The van der Waals surface area contributed by atoms with Gasteiger partial charge in [-0.1, -0.05) is 42.5 Å². The van der Waals surface area contributed by atoms with Gasteiger partial charge in [0, 0.05) is 0 Å². The molecule has 0 aliphatic heterocycles. The van der Waals surface area contributed by atoms with Gasteiger partial charge in [-0.3, -0.25) is 0 Å². The smallest absolute Gasteiger partial charge is 0.504 e. The van der Waals surface area contributed by atoms with Crippen LogP contribution in [0.25, 0.3) is 21.9 Å². The Hall–Kier alpha value is -1.78. The molecule has 0 fully saturated rings. The summed E-state index contributed by atoms with van der Waals surface area (Å²) in [4.78, 5) is 0. The lowest BCUT2D eigenvalue weighted by Crippen LogP contribution is -2.00. The molecule has 0 spiro atoms. The lowest BCUT2D eigenvalue weighted by molar-refractivity contribution is 0.452. The van der Waals surface area contributed by atoms with Crippen molar-refractivity contribution in [3.05, 3.63) is 65.1 Å². The minimum Gasteiger partial charge on any atom is -0.538 e. The second kappa shape index (κ2) is 5.69. The summed E-state index contributed by atoms with van der Waals surface area (Å²) in [7, 11) is -0.327. The van der Waals surface area contributed by atoms with Crippen LogP contribution in [0, 0.1) is 0 Å². The Morgan fingerprint density at radius 1 is 0.850 bits per heavy atom. The quantitative estimate of drug-likeness (QED) is 0.739. The molecule has 0 aliphatic rings. The second-order valence-corrected chi connectivity index (χ2v) is 5.34. The van der Waals surface area contributed by atoms with E-state index in [1.807, 2.05) is 30.3 Å². The highest BCUT2D eigenvalue weighted by Gasteiger charge is 2.05. The molecule has 0 atom stereocenters. The average Bonchev–Trinajstić information content (AvgIpc) is 2.49. The molecule has 0 aliphatic carbocycles. The molecular weight excluding hydrogens is 315 g/mol. The summed E-state index contributed by atoms with van der Waals surface area (Å²) in [6.07, 6.45) is 0. The van der Waals surface area contributed by atoms with E-state index < -0.39 is 0 Å². The molecule has 1 N–H and O–H groups in total. The van der Waals surface area contributed by atoms with Gasteiger partial charge in [0.05, 0.1) is 4.47 Å². The predicted octanol–water partition coefficient (Wildman–Crippen LogP) is 3.91. The van der Waals surface area contributed by atoms with Gasteiger partial charge in [-0.2, -0.15) is 0 Å². The Kier molecular flexibility index (Phi) is 3.76. The average molecular weight is 327 g/mol. The second-order valence-electron chi connectivity index (χ2n) is 4.48. The molecule has 20 heavy (non-hydrogen) atoms. The fourth-order valence-corrected chi connectivity index (χ4v) is 2.71. The van der Waals surface area contributed by atoms with Crippen LogP contribution in [0.5, 0.6) is 5.75 Å². The van der Waals surface area contributed by atoms with Crippen LogP contribution >= 0.6 is 15.9 Å². The lowest BCUT2D eigenvalue weighted by atomic mass is 10.0. The third kappa shape index (κ3) is 2.57. The van der Waals surface area contributed by atoms with Crippen LogP contribution in [0.1, 0.15) is 0 Å². The summed E-state index contributed by atoms with van der Waals surface area (Å²) in [6, 6.07) is 20.5. The van der Waals surface area contributed by atoms with Crippen LogP contribution < -0.4 is 4.65 Å². The van der Waals surface area contributed by atoms with Gasteiger partial charge in [-0.25, -0.2) is 0 Å². The maximum atomic E-state index is 8.87. The first-order valence-corrected chi connectivity index (χ1v) is 7.09. The van der Waals surface area contributed by atoms with E-state index in [4.69, 9.17) is 9.68 Å². The van der Waals surface area contributed by atoms with Crippen molar-refractivity contribution >= 4 is 34.4 Å². The molecule has 0 amide bonds. The van der Waals surface area contributed by atoms with Gasteiger partial charge in [0.2, 0.25) is 0 Å². The number of benzene rings is 3. The summed E-state index contributed by atoms with van der Waals surface area (Å²) < 4.78 is 6.01. The normalized spacial score (nSPS) is 10.5. The van der Waals surface area contributed by atoms with Gasteiger partial charge in [0.25, 0.3) is 0 Å². The Bertz CT molecular complexity index is 744. The minimum absolute atomic E-state index is 0.327. The largest absolute Gasteiger partial charge is 0.538 e. The molecule has 0 radical (unpaired) electrons. The first-order valence-electron chi connectivity index (χ1n) is 6.30. The predicted molar refractivity (Wildman–Crippen MR) is 87.1 cm³/mol. The Morgan fingerprint density at radius 3 is 2.40 bits per heavy atom. The van der Waals surface area contributed by atoms with Crippen LogP contribution in [0.15, 0.2) is 65.1 Å². The highest BCUT2D eigenvalue weighted by Crippen LogP contribution is 2.32. The van der Waals surface area contributed by atoms with Gasteiger partial charge >= 0.3 is 7.69 Å². The van der Waals surface area contributed by atoms with Crippen LogP contribution in [0.2, 0.25) is 0 Å². The van der Waals surface area contributed by atoms with Crippen LogP contribution in [-0.4, -0.2) is 12.7 Å². The first-order chi connectivity index (χ1) is 9.78. The van der Waals surface area contributed by atoms with E-state index in [2.05, 4.69) is 46.3 Å². The third-order valence-corrected chi connectivity index (χ3v) is 3.84. The van der Waals surface area contributed by atoms with Crippen molar-refractivity contribution < 1.29 is 9.68 Å². The number of halogens is 1. The SMILES string of the molecule is OBOc1cc2ccc(-c3ccccc3)cc2cc1Br. The number of hydrogen-bond donors (Lipinski definition) is 1. The molecule has 98 valence electrons. The van der Waals surface area contributed by atoms with Crippen molar-refractivity contribution in [3.8, 4) is 16.9 Å². The molecular formula is C16H12BBrO2. The maximum absolute atomic E-state index is 8.87. The summed E-state index contributed by atoms with van der Waals surface area (Å²) in [5, 5.41) is 11.1. The van der Waals surface area contributed by atoms with E-state index in [0.29, 0.717) is 5.75 Å². The molecule has 0 saturated heterocycles. The summed E-state index contributed by atoms with van der Waals surface area (Å²) >= 11 is 3.46. The molecule has 0 aromatic heterocycles. The van der Waals surface area contributed by atoms with Crippen molar-refractivity contribution in [1.82, 2.24) is 0 Å². The van der Waals surface area contributed by atoms with Gasteiger partial charge < -0.3 is 9.68 Å². The summed E-state index contributed by atoms with van der Waals surface area (Å²) in [5.41, 5.74) is 2.38. The highest BCUT2D eigenvalue weighted by molar-refractivity contribution is 9.10. The molecule has 3 rings (SSSR count). The zero-order chi connectivity index (χ0) is 13.9. The summed E-state index contributed by atoms with van der Waals surface area (Å²) in [6.45, 7) is 0. The van der Waals surface area contributed by atoms with Crippen molar-refractivity contribution in [2.45, 2.75) is 0 Å². The van der Waals surface area contributed by atoms with Crippen molar-refractivity contribution in [2.75, 3.05) is 0 Å². The number of rotatable bonds is 3. The zero-order valence-electron chi connectivity index (χ0n) is 10.7. The minimum atomic E-state index is -0.327. The van der Waals surface area contributed by atoms with Crippen LogP contribution in [0.3, 0.4) is 0 Å². The molecule has 3 aromatic carbocycles. The third-order valence-electron chi connectivity index (χ3n) is 3.22. The number of fused-ring (bicyclic) bond motifs is 1.